The summed E-state index contributed by atoms with van der Waals surface area (Å²) >= 11 is 0. The minimum Gasteiger partial charge on any atom is -0.492 e. The summed E-state index contributed by atoms with van der Waals surface area (Å²) in [7, 11) is 0. The summed E-state index contributed by atoms with van der Waals surface area (Å²) in [5.74, 6) is -0.511. The topological polar surface area (TPSA) is 101 Å². The minimum absolute atomic E-state index is 0.0176. The quantitative estimate of drug-likeness (QED) is 0.577. The van der Waals surface area contributed by atoms with Crippen LogP contribution in [0.25, 0.3) is 5.88 Å². The number of hydrazine groups is 1. The van der Waals surface area contributed by atoms with Gasteiger partial charge in [-0.25, -0.2) is 4.79 Å². The molecule has 3 N–H and O–H groups in total. The van der Waals surface area contributed by atoms with Gasteiger partial charge in [0.05, 0.1) is 12.8 Å². The highest BCUT2D eigenvalue weighted by Crippen LogP contribution is 2.18. The summed E-state index contributed by atoms with van der Waals surface area (Å²) in [6, 6.07) is 0. The van der Waals surface area contributed by atoms with E-state index in [4.69, 9.17) is 4.74 Å². The van der Waals surface area contributed by atoms with Gasteiger partial charge in [0.2, 0.25) is 11.6 Å². The lowest BCUT2D eigenvalue weighted by atomic mass is 10.4. The molecule has 0 atom stereocenters. The van der Waals surface area contributed by atoms with Crippen LogP contribution in [0.15, 0.2) is 6.20 Å². The molecule has 8 heteroatoms. The van der Waals surface area contributed by atoms with E-state index in [1.165, 1.54) is 6.20 Å². The average Bonchev–Trinajstić information content (AvgIpc) is 2.63. The van der Waals surface area contributed by atoms with E-state index < -0.39 is 5.97 Å². The molecule has 0 spiro atoms. The van der Waals surface area contributed by atoms with Crippen LogP contribution in [0.1, 0.15) is 17.4 Å². The summed E-state index contributed by atoms with van der Waals surface area (Å²) in [6.45, 7) is 1.94. The molecule has 80 valence electrons. The summed E-state index contributed by atoms with van der Waals surface area (Å²) in [6.07, 6.45) is 1.27. The van der Waals surface area contributed by atoms with Crippen LogP contribution in [-0.4, -0.2) is 32.7 Å². The highest BCUT2D eigenvalue weighted by Gasteiger charge is 2.24. The number of carbonyl (C=O) groups excluding carboxylic acids is 1. The second kappa shape index (κ2) is 3.48. The smallest absolute Gasteiger partial charge is 0.362 e. The summed E-state index contributed by atoms with van der Waals surface area (Å²) in [5.41, 5.74) is 5.19. The van der Waals surface area contributed by atoms with Crippen molar-refractivity contribution in [3.63, 3.8) is 0 Å². The molecule has 0 fully saturated rings. The van der Waals surface area contributed by atoms with Gasteiger partial charge in [-0.15, -0.1) is 5.10 Å². The third-order valence-corrected chi connectivity index (χ3v) is 1.75. The second-order valence-corrected chi connectivity index (χ2v) is 2.69. The number of ether oxygens (including phenoxy) is 1. The fraction of sp³-hybridized carbons (Fsp3) is 0.286. The third kappa shape index (κ3) is 1.45. The predicted octanol–water partition coefficient (Wildman–Crippen LogP) is -0.301. The lowest BCUT2D eigenvalue weighted by Crippen LogP contribution is -2.25. The Labute approximate surface area is 84.5 Å². The third-order valence-electron chi connectivity index (χ3n) is 1.75. The van der Waals surface area contributed by atoms with Crippen molar-refractivity contribution >= 4 is 17.7 Å². The molecular formula is C7H9N5O3. The van der Waals surface area contributed by atoms with Crippen molar-refractivity contribution in [2.24, 2.45) is 0 Å². The van der Waals surface area contributed by atoms with E-state index >= 15 is 0 Å². The Morgan fingerprint density at radius 1 is 1.73 bits per heavy atom. The molecule has 0 amide bonds. The first kappa shape index (κ1) is 9.31. The van der Waals surface area contributed by atoms with Gasteiger partial charge in [0.15, 0.2) is 5.82 Å². The molecule has 0 saturated carbocycles. The highest BCUT2D eigenvalue weighted by molar-refractivity contribution is 5.93. The Balaban J connectivity index is 2.36. The van der Waals surface area contributed by atoms with Gasteiger partial charge in [0.1, 0.15) is 0 Å². The number of anilines is 1. The number of aromatic nitrogens is 3. The Bertz CT molecular complexity index is 424. The molecule has 1 aliphatic heterocycles. The van der Waals surface area contributed by atoms with Gasteiger partial charge in [0.25, 0.3) is 0 Å². The molecule has 1 aliphatic rings. The van der Waals surface area contributed by atoms with E-state index in [1.807, 2.05) is 0 Å². The van der Waals surface area contributed by atoms with Crippen molar-refractivity contribution in [3.8, 4) is 0 Å². The number of fused-ring (bicyclic) bond motifs is 1. The predicted molar refractivity (Wildman–Crippen MR) is 49.6 cm³/mol. The number of aliphatic hydroxyl groups excluding tert-OH is 1. The molecule has 2 heterocycles. The van der Waals surface area contributed by atoms with Gasteiger partial charge in [-0.2, -0.15) is 4.68 Å². The number of esters is 1. The Morgan fingerprint density at radius 3 is 3.27 bits per heavy atom. The first-order chi connectivity index (χ1) is 7.24. The molecule has 0 aliphatic carbocycles. The fourth-order valence-corrected chi connectivity index (χ4v) is 1.12. The van der Waals surface area contributed by atoms with Crippen LogP contribution in [0.4, 0.5) is 5.82 Å². The van der Waals surface area contributed by atoms with Crippen LogP contribution in [0.2, 0.25) is 0 Å². The van der Waals surface area contributed by atoms with E-state index in [-0.39, 0.29) is 24.0 Å². The van der Waals surface area contributed by atoms with Crippen LogP contribution in [0.5, 0.6) is 0 Å². The first-order valence-electron chi connectivity index (χ1n) is 4.28. The van der Waals surface area contributed by atoms with Crippen molar-refractivity contribution in [1.82, 2.24) is 20.4 Å². The number of carbonyl (C=O) groups is 1. The molecule has 0 aromatic carbocycles. The second-order valence-electron chi connectivity index (χ2n) is 2.69. The Hall–Kier alpha value is -2.25. The summed E-state index contributed by atoms with van der Waals surface area (Å²) in [5, 5.41) is 16.5. The van der Waals surface area contributed by atoms with Crippen molar-refractivity contribution in [3.05, 3.63) is 11.9 Å². The van der Waals surface area contributed by atoms with Crippen molar-refractivity contribution in [1.29, 1.82) is 0 Å². The van der Waals surface area contributed by atoms with Crippen LogP contribution in [0.3, 0.4) is 0 Å². The average molecular weight is 211 g/mol. The molecule has 2 rings (SSSR count). The number of aliphatic hydroxyl groups is 1. The van der Waals surface area contributed by atoms with Crippen LogP contribution < -0.4 is 10.9 Å². The number of nitrogens with zero attached hydrogens (tertiary/aromatic N) is 3. The monoisotopic (exact) mass is 211 g/mol. The normalized spacial score (nSPS) is 13.3. The van der Waals surface area contributed by atoms with Crippen molar-refractivity contribution < 1.29 is 14.6 Å². The van der Waals surface area contributed by atoms with Crippen LogP contribution >= 0.6 is 0 Å². The molecule has 1 aromatic heterocycles. The van der Waals surface area contributed by atoms with Gasteiger partial charge in [0, 0.05) is 0 Å². The zero-order valence-electron chi connectivity index (χ0n) is 7.89. The molecule has 0 unspecified atom stereocenters. The van der Waals surface area contributed by atoms with Gasteiger partial charge >= 0.3 is 5.97 Å². The van der Waals surface area contributed by atoms with Crippen molar-refractivity contribution in [2.45, 2.75) is 6.92 Å². The van der Waals surface area contributed by atoms with Gasteiger partial charge in [-0.05, 0) is 6.92 Å². The standard InChI is InChI=1S/C7H9N5O3/c1-2-15-7(14)5-6-10-8-3-4(13)12(6)11-9-5/h3,8,10,13H,2H2,1H3. The van der Waals surface area contributed by atoms with Gasteiger partial charge in [-0.3, -0.25) is 5.43 Å². The first-order valence-corrected chi connectivity index (χ1v) is 4.28. The van der Waals surface area contributed by atoms with E-state index in [0.717, 1.165) is 4.68 Å². The number of hydrogen-bond acceptors (Lipinski definition) is 7. The maximum absolute atomic E-state index is 11.4. The Kier molecular flexibility index (Phi) is 2.16. The van der Waals surface area contributed by atoms with Crippen LogP contribution in [0, 0.1) is 0 Å². The maximum Gasteiger partial charge on any atom is 0.362 e. The van der Waals surface area contributed by atoms with Crippen molar-refractivity contribution in [2.75, 3.05) is 12.0 Å². The summed E-state index contributed by atoms with van der Waals surface area (Å²) in [4.78, 5) is 11.4. The molecule has 8 nitrogen and oxygen atoms in total. The zero-order valence-corrected chi connectivity index (χ0v) is 7.89. The van der Waals surface area contributed by atoms with Crippen LogP contribution in [-0.2, 0) is 4.74 Å². The molecule has 1 aromatic rings. The zero-order chi connectivity index (χ0) is 10.8. The molecule has 15 heavy (non-hydrogen) atoms. The van der Waals surface area contributed by atoms with Gasteiger partial charge < -0.3 is 15.3 Å². The minimum atomic E-state index is -0.595. The lowest BCUT2D eigenvalue weighted by Gasteiger charge is -2.13. The van der Waals surface area contributed by atoms with Gasteiger partial charge in [-0.1, -0.05) is 5.21 Å². The largest absolute Gasteiger partial charge is 0.492 e. The maximum atomic E-state index is 11.4. The van der Waals surface area contributed by atoms with E-state index in [1.54, 1.807) is 6.92 Å². The SMILES string of the molecule is CCOC(=O)c1nnn2c1NNC=C2O. The highest BCUT2D eigenvalue weighted by atomic mass is 16.5. The Morgan fingerprint density at radius 2 is 2.53 bits per heavy atom. The lowest BCUT2D eigenvalue weighted by molar-refractivity contribution is 0.0520. The summed E-state index contributed by atoms with van der Waals surface area (Å²) < 4.78 is 5.85. The molecule has 0 radical (unpaired) electrons. The molecule has 0 saturated heterocycles. The fourth-order valence-electron chi connectivity index (χ4n) is 1.12. The van der Waals surface area contributed by atoms with E-state index in [2.05, 4.69) is 21.2 Å². The molecule has 0 bridgehead atoms. The molecular weight excluding hydrogens is 202 g/mol. The number of rotatable bonds is 2. The van der Waals surface area contributed by atoms with E-state index in [0.29, 0.717) is 0 Å². The van der Waals surface area contributed by atoms with E-state index in [9.17, 15) is 9.90 Å². The number of hydrogen-bond donors (Lipinski definition) is 3. The number of nitrogens with one attached hydrogen (secondary N) is 2.